The molecule has 0 atom stereocenters. The van der Waals surface area contributed by atoms with Crippen LogP contribution in [0, 0.1) is 0 Å². The van der Waals surface area contributed by atoms with Gasteiger partial charge in [0.2, 0.25) is 0 Å². The Morgan fingerprint density at radius 2 is 1.84 bits per heavy atom. The van der Waals surface area contributed by atoms with Crippen molar-refractivity contribution in [2.24, 2.45) is 5.73 Å². The maximum Gasteiger partial charge on any atom is 0.134 e. The topological polar surface area (TPSA) is 51.8 Å². The molecule has 0 unspecified atom stereocenters. The highest BCUT2D eigenvalue weighted by atomic mass is 32.1. The molecule has 0 radical (unpaired) electrons. The summed E-state index contributed by atoms with van der Waals surface area (Å²) < 4.78 is 0. The van der Waals surface area contributed by atoms with Crippen molar-refractivity contribution in [3.63, 3.8) is 0 Å². The Labute approximate surface area is 118 Å². The summed E-state index contributed by atoms with van der Waals surface area (Å²) >= 11 is 1.76. The minimum atomic E-state index is 0.660. The molecule has 3 nitrogen and oxygen atoms in total. The van der Waals surface area contributed by atoms with Gasteiger partial charge in [-0.05, 0) is 42.8 Å². The van der Waals surface area contributed by atoms with E-state index in [1.807, 2.05) is 0 Å². The average molecular weight is 275 g/mol. The van der Waals surface area contributed by atoms with Crippen LogP contribution in [0.25, 0.3) is 0 Å². The third-order valence-electron chi connectivity index (χ3n) is 3.20. The van der Waals surface area contributed by atoms with Gasteiger partial charge >= 0.3 is 0 Å². The van der Waals surface area contributed by atoms with Crippen LogP contribution in [0.4, 0.5) is 0 Å². The zero-order valence-electron chi connectivity index (χ0n) is 11.6. The summed E-state index contributed by atoms with van der Waals surface area (Å²) in [6.45, 7) is 4.96. The third-order valence-corrected chi connectivity index (χ3v) is 4.08. The van der Waals surface area contributed by atoms with Gasteiger partial charge in [0.05, 0.1) is 0 Å². The van der Waals surface area contributed by atoms with E-state index in [-0.39, 0.29) is 0 Å². The Morgan fingerprint density at radius 1 is 1.16 bits per heavy atom. The predicted molar refractivity (Wildman–Crippen MR) is 80.7 cm³/mol. The summed E-state index contributed by atoms with van der Waals surface area (Å²) in [5.74, 6) is 0.942. The number of hydrogen-bond acceptors (Lipinski definition) is 4. The molecule has 2 N–H and O–H groups in total. The molecule has 0 aliphatic carbocycles. The Balaban J connectivity index is 2.35. The zero-order chi connectivity index (χ0) is 13.7. The molecule has 0 spiro atoms. The van der Waals surface area contributed by atoms with Crippen LogP contribution in [-0.4, -0.2) is 16.5 Å². The van der Waals surface area contributed by atoms with Gasteiger partial charge in [0.15, 0.2) is 0 Å². The van der Waals surface area contributed by atoms with Crippen molar-refractivity contribution in [3.05, 3.63) is 45.2 Å². The second kappa shape index (κ2) is 6.78. The Kier molecular flexibility index (Phi) is 5.05. The summed E-state index contributed by atoms with van der Waals surface area (Å²) in [5.41, 5.74) is 9.31. The van der Waals surface area contributed by atoms with Crippen molar-refractivity contribution in [3.8, 4) is 0 Å². The molecule has 0 aliphatic heterocycles. The van der Waals surface area contributed by atoms with E-state index >= 15 is 0 Å². The first-order valence-electron chi connectivity index (χ1n) is 6.88. The van der Waals surface area contributed by atoms with Crippen LogP contribution >= 0.6 is 11.3 Å². The Morgan fingerprint density at radius 3 is 2.32 bits per heavy atom. The van der Waals surface area contributed by atoms with Crippen LogP contribution in [0.1, 0.15) is 41.5 Å². The van der Waals surface area contributed by atoms with Gasteiger partial charge in [0, 0.05) is 22.7 Å². The smallest absolute Gasteiger partial charge is 0.134 e. The molecule has 4 heteroatoms. The molecule has 0 aromatic carbocycles. The summed E-state index contributed by atoms with van der Waals surface area (Å²) in [5, 5.41) is 2.10. The van der Waals surface area contributed by atoms with Gasteiger partial charge in [-0.1, -0.05) is 19.9 Å². The standard InChI is InChI=1S/C15H21N3S/c1-3-13-12(7-8-16)14(4-2)18-15(17-13)10-11-6-5-9-19-11/h5-6,9H,3-4,7-8,10,16H2,1-2H3. The van der Waals surface area contributed by atoms with Crippen LogP contribution in [0.2, 0.25) is 0 Å². The van der Waals surface area contributed by atoms with Crippen molar-refractivity contribution >= 4 is 11.3 Å². The molecular weight excluding hydrogens is 254 g/mol. The van der Waals surface area contributed by atoms with E-state index in [0.717, 1.165) is 31.5 Å². The first kappa shape index (κ1) is 14.2. The second-order valence-corrected chi connectivity index (χ2v) is 5.55. The Hall–Kier alpha value is -1.26. The SMILES string of the molecule is CCc1nc(Cc2cccs2)nc(CC)c1CCN. The zero-order valence-corrected chi connectivity index (χ0v) is 12.5. The second-order valence-electron chi connectivity index (χ2n) is 4.51. The third kappa shape index (κ3) is 3.39. The summed E-state index contributed by atoms with van der Waals surface area (Å²) in [6, 6.07) is 4.21. The maximum absolute atomic E-state index is 5.70. The molecular formula is C15H21N3S. The van der Waals surface area contributed by atoms with Crippen LogP contribution in [-0.2, 0) is 25.7 Å². The van der Waals surface area contributed by atoms with Crippen molar-refractivity contribution in [1.82, 2.24) is 9.97 Å². The number of hydrogen-bond donors (Lipinski definition) is 1. The lowest BCUT2D eigenvalue weighted by Gasteiger charge is -2.13. The van der Waals surface area contributed by atoms with Gasteiger partial charge in [0.25, 0.3) is 0 Å². The highest BCUT2D eigenvalue weighted by Gasteiger charge is 2.12. The quantitative estimate of drug-likeness (QED) is 0.882. The van der Waals surface area contributed by atoms with E-state index in [1.54, 1.807) is 11.3 Å². The van der Waals surface area contributed by atoms with Crippen molar-refractivity contribution < 1.29 is 0 Å². The monoisotopic (exact) mass is 275 g/mol. The molecule has 0 bridgehead atoms. The fourth-order valence-corrected chi connectivity index (χ4v) is 3.01. The first-order chi connectivity index (χ1) is 9.28. The molecule has 0 saturated carbocycles. The Bertz CT molecular complexity index is 495. The van der Waals surface area contributed by atoms with Crippen LogP contribution in [0.3, 0.4) is 0 Å². The molecule has 2 rings (SSSR count). The maximum atomic E-state index is 5.70. The summed E-state index contributed by atoms with van der Waals surface area (Å²) in [4.78, 5) is 10.8. The van der Waals surface area contributed by atoms with Gasteiger partial charge in [-0.25, -0.2) is 9.97 Å². The number of thiophene rings is 1. The minimum Gasteiger partial charge on any atom is -0.330 e. The van der Waals surface area contributed by atoms with Gasteiger partial charge in [-0.3, -0.25) is 0 Å². The normalized spacial score (nSPS) is 10.9. The van der Waals surface area contributed by atoms with Gasteiger partial charge in [-0.2, -0.15) is 0 Å². The molecule has 19 heavy (non-hydrogen) atoms. The van der Waals surface area contributed by atoms with E-state index in [0.29, 0.717) is 6.54 Å². The largest absolute Gasteiger partial charge is 0.330 e. The predicted octanol–water partition coefficient (Wildman–Crippen LogP) is 2.75. The van der Waals surface area contributed by atoms with Crippen molar-refractivity contribution in [2.75, 3.05) is 6.54 Å². The first-order valence-corrected chi connectivity index (χ1v) is 7.76. The lowest BCUT2D eigenvalue weighted by atomic mass is 10.0. The fraction of sp³-hybridized carbons (Fsp3) is 0.467. The van der Waals surface area contributed by atoms with Crippen LogP contribution in [0.5, 0.6) is 0 Å². The number of nitrogens with two attached hydrogens (primary N) is 1. The van der Waals surface area contributed by atoms with Crippen molar-refractivity contribution in [2.45, 2.75) is 39.5 Å². The molecule has 2 heterocycles. The van der Waals surface area contributed by atoms with E-state index in [2.05, 4.69) is 31.4 Å². The molecule has 2 aromatic heterocycles. The molecule has 0 aliphatic rings. The van der Waals surface area contributed by atoms with Gasteiger partial charge < -0.3 is 5.73 Å². The molecule has 0 amide bonds. The average Bonchev–Trinajstić information content (AvgIpc) is 2.93. The highest BCUT2D eigenvalue weighted by Crippen LogP contribution is 2.17. The number of aromatic nitrogens is 2. The van der Waals surface area contributed by atoms with Crippen molar-refractivity contribution in [1.29, 1.82) is 0 Å². The molecule has 2 aromatic rings. The van der Waals surface area contributed by atoms with E-state index in [1.165, 1.54) is 21.8 Å². The van der Waals surface area contributed by atoms with E-state index < -0.39 is 0 Å². The summed E-state index contributed by atoms with van der Waals surface area (Å²) in [6.07, 6.45) is 3.61. The lowest BCUT2D eigenvalue weighted by molar-refractivity contribution is 0.804. The minimum absolute atomic E-state index is 0.660. The van der Waals surface area contributed by atoms with Gasteiger partial charge in [0.1, 0.15) is 5.82 Å². The highest BCUT2D eigenvalue weighted by molar-refractivity contribution is 7.09. The van der Waals surface area contributed by atoms with Crippen LogP contribution < -0.4 is 5.73 Å². The molecule has 102 valence electrons. The lowest BCUT2D eigenvalue weighted by Crippen LogP contribution is -2.13. The molecule has 0 fully saturated rings. The summed E-state index contributed by atoms with van der Waals surface area (Å²) in [7, 11) is 0. The number of nitrogens with zero attached hydrogens (tertiary/aromatic N) is 2. The fourth-order valence-electron chi connectivity index (χ4n) is 2.30. The number of rotatable bonds is 6. The van der Waals surface area contributed by atoms with Crippen LogP contribution in [0.15, 0.2) is 17.5 Å². The van der Waals surface area contributed by atoms with E-state index in [9.17, 15) is 0 Å². The van der Waals surface area contributed by atoms with Gasteiger partial charge in [-0.15, -0.1) is 11.3 Å². The molecule has 0 saturated heterocycles. The number of aryl methyl sites for hydroxylation is 2. The van der Waals surface area contributed by atoms with E-state index in [4.69, 9.17) is 15.7 Å².